The Morgan fingerprint density at radius 2 is 2.00 bits per heavy atom. The fraction of sp³-hybridized carbons (Fsp3) is 0.0833. The molecule has 1 heterocycles. The fourth-order valence-corrected chi connectivity index (χ4v) is 2.79. The normalized spacial score (nSPS) is 17.1. The van der Waals surface area contributed by atoms with Crippen LogP contribution >= 0.6 is 24.0 Å². The van der Waals surface area contributed by atoms with E-state index in [0.29, 0.717) is 0 Å². The van der Waals surface area contributed by atoms with Gasteiger partial charge < -0.3 is 5.11 Å². The van der Waals surface area contributed by atoms with Crippen molar-refractivity contribution in [1.82, 2.24) is 4.90 Å². The molecular weight excluding hydrogens is 308 g/mol. The highest BCUT2D eigenvalue weighted by Crippen LogP contribution is 2.33. The van der Waals surface area contributed by atoms with Crippen LogP contribution in [0.4, 0.5) is 8.78 Å². The number of benzene rings is 1. The molecule has 1 aromatic rings. The molecule has 1 amide bonds. The average Bonchev–Trinajstić information content (AvgIpc) is 2.61. The Labute approximate surface area is 122 Å². The predicted molar refractivity (Wildman–Crippen MR) is 73.9 cm³/mol. The number of thioether (sulfide) groups is 1. The number of halogens is 2. The standard InChI is InChI=1S/C12H7F2NO3S2/c13-7-2-1-3-8(14)6(7)4-9-11(18)15(5-10(16)17)12(19)20-9/h1-4H,5H2,(H,16,17)/b9-4-. The SMILES string of the molecule is O=C(O)CN1C(=O)/C(=C/c2c(F)cccc2F)SC1=S. The van der Waals surface area contributed by atoms with Gasteiger partial charge in [-0.15, -0.1) is 0 Å². The molecule has 0 radical (unpaired) electrons. The lowest BCUT2D eigenvalue weighted by Crippen LogP contribution is -2.33. The first-order valence-electron chi connectivity index (χ1n) is 5.31. The summed E-state index contributed by atoms with van der Waals surface area (Å²) in [6.45, 7) is -0.582. The van der Waals surface area contributed by atoms with E-state index in [1.54, 1.807) is 0 Å². The van der Waals surface area contributed by atoms with E-state index in [1.165, 1.54) is 6.07 Å². The fourth-order valence-electron chi connectivity index (χ4n) is 1.55. The molecule has 0 unspecified atom stereocenters. The lowest BCUT2D eigenvalue weighted by molar-refractivity contribution is -0.140. The number of amides is 1. The van der Waals surface area contributed by atoms with E-state index in [1.807, 2.05) is 0 Å². The maximum atomic E-state index is 13.5. The van der Waals surface area contributed by atoms with Gasteiger partial charge in [-0.25, -0.2) is 8.78 Å². The number of carbonyl (C=O) groups is 2. The number of aliphatic carboxylic acids is 1. The zero-order valence-corrected chi connectivity index (χ0v) is 11.4. The van der Waals surface area contributed by atoms with Crippen LogP contribution in [0.2, 0.25) is 0 Å². The molecule has 0 atom stereocenters. The lowest BCUT2D eigenvalue weighted by atomic mass is 10.2. The van der Waals surface area contributed by atoms with Crippen LogP contribution in [-0.2, 0) is 9.59 Å². The van der Waals surface area contributed by atoms with Gasteiger partial charge in [-0.05, 0) is 18.2 Å². The summed E-state index contributed by atoms with van der Waals surface area (Å²) in [4.78, 5) is 23.4. The van der Waals surface area contributed by atoms with Gasteiger partial charge in [-0.2, -0.15) is 0 Å². The largest absolute Gasteiger partial charge is 0.480 e. The van der Waals surface area contributed by atoms with Crippen LogP contribution in [0.1, 0.15) is 5.56 Å². The third-order valence-electron chi connectivity index (χ3n) is 2.44. The van der Waals surface area contributed by atoms with Gasteiger partial charge in [0.2, 0.25) is 0 Å². The average molecular weight is 315 g/mol. The van der Waals surface area contributed by atoms with Crippen molar-refractivity contribution in [2.45, 2.75) is 0 Å². The first-order chi connectivity index (χ1) is 9.40. The van der Waals surface area contributed by atoms with Gasteiger partial charge in [0.25, 0.3) is 5.91 Å². The van der Waals surface area contributed by atoms with E-state index in [9.17, 15) is 18.4 Å². The summed E-state index contributed by atoms with van der Waals surface area (Å²) in [6.07, 6.45) is 1.03. The third kappa shape index (κ3) is 2.86. The van der Waals surface area contributed by atoms with E-state index in [4.69, 9.17) is 17.3 Å². The highest BCUT2D eigenvalue weighted by atomic mass is 32.2. The number of hydrogen-bond acceptors (Lipinski definition) is 4. The first kappa shape index (κ1) is 14.6. The molecule has 1 saturated heterocycles. The molecule has 0 spiro atoms. The second-order valence-electron chi connectivity index (χ2n) is 3.80. The number of thiocarbonyl (C=S) groups is 1. The second-order valence-corrected chi connectivity index (χ2v) is 5.47. The Morgan fingerprint density at radius 1 is 1.40 bits per heavy atom. The Hall–Kier alpha value is -1.80. The van der Waals surface area contributed by atoms with Crippen LogP contribution in [-0.4, -0.2) is 32.7 Å². The van der Waals surface area contributed by atoms with E-state index in [2.05, 4.69) is 0 Å². The molecule has 1 aromatic carbocycles. The molecule has 20 heavy (non-hydrogen) atoms. The van der Waals surface area contributed by atoms with Crippen LogP contribution < -0.4 is 0 Å². The van der Waals surface area contributed by atoms with Crippen LogP contribution in [0.3, 0.4) is 0 Å². The van der Waals surface area contributed by atoms with E-state index in [0.717, 1.165) is 34.9 Å². The van der Waals surface area contributed by atoms with Gasteiger partial charge >= 0.3 is 5.97 Å². The molecule has 0 saturated carbocycles. The Bertz CT molecular complexity index is 625. The molecule has 1 fully saturated rings. The van der Waals surface area contributed by atoms with Crippen molar-refractivity contribution in [3.05, 3.63) is 40.3 Å². The number of carboxylic acids is 1. The number of hydrogen-bond donors (Lipinski definition) is 1. The minimum Gasteiger partial charge on any atom is -0.480 e. The minimum atomic E-state index is -1.22. The molecule has 0 aromatic heterocycles. The molecule has 104 valence electrons. The summed E-state index contributed by atoms with van der Waals surface area (Å²) in [6, 6.07) is 3.33. The van der Waals surface area contributed by atoms with Crippen LogP contribution in [0.5, 0.6) is 0 Å². The summed E-state index contributed by atoms with van der Waals surface area (Å²) >= 11 is 5.68. The topological polar surface area (TPSA) is 57.6 Å². The summed E-state index contributed by atoms with van der Waals surface area (Å²) in [5.41, 5.74) is -0.358. The van der Waals surface area contributed by atoms with Crippen molar-refractivity contribution in [2.75, 3.05) is 6.54 Å². The predicted octanol–water partition coefficient (Wildman–Crippen LogP) is 2.25. The second kappa shape index (κ2) is 5.68. The van der Waals surface area contributed by atoms with Gasteiger partial charge in [-0.3, -0.25) is 14.5 Å². The van der Waals surface area contributed by atoms with Crippen molar-refractivity contribution in [2.24, 2.45) is 0 Å². The summed E-state index contributed by atoms with van der Waals surface area (Å²) in [5, 5.41) is 8.67. The smallest absolute Gasteiger partial charge is 0.323 e. The molecule has 4 nitrogen and oxygen atoms in total. The Kier molecular flexibility index (Phi) is 4.15. The molecule has 0 aliphatic carbocycles. The Balaban J connectivity index is 2.35. The van der Waals surface area contributed by atoms with Crippen molar-refractivity contribution < 1.29 is 23.5 Å². The number of carbonyl (C=O) groups excluding carboxylic acids is 1. The van der Waals surface area contributed by atoms with Gasteiger partial charge in [0.15, 0.2) is 0 Å². The van der Waals surface area contributed by atoms with Crippen LogP contribution in [0.15, 0.2) is 23.1 Å². The molecule has 0 bridgehead atoms. The molecule has 1 N–H and O–H groups in total. The van der Waals surface area contributed by atoms with Gasteiger partial charge in [0.1, 0.15) is 22.5 Å². The maximum absolute atomic E-state index is 13.5. The van der Waals surface area contributed by atoms with Gasteiger partial charge in [0, 0.05) is 5.56 Å². The van der Waals surface area contributed by atoms with Gasteiger partial charge in [0.05, 0.1) is 4.91 Å². The highest BCUT2D eigenvalue weighted by Gasteiger charge is 2.33. The number of nitrogens with zero attached hydrogens (tertiary/aromatic N) is 1. The highest BCUT2D eigenvalue weighted by molar-refractivity contribution is 8.26. The van der Waals surface area contributed by atoms with Crippen LogP contribution in [0.25, 0.3) is 6.08 Å². The summed E-state index contributed by atoms with van der Waals surface area (Å²) < 4.78 is 27.0. The van der Waals surface area contributed by atoms with E-state index >= 15 is 0 Å². The zero-order valence-electron chi connectivity index (χ0n) is 9.80. The third-order valence-corrected chi connectivity index (χ3v) is 3.82. The monoisotopic (exact) mass is 315 g/mol. The number of rotatable bonds is 3. The van der Waals surface area contributed by atoms with Crippen molar-refractivity contribution in [1.29, 1.82) is 0 Å². The molecule has 2 rings (SSSR count). The molecular formula is C12H7F2NO3S2. The quantitative estimate of drug-likeness (QED) is 0.685. The van der Waals surface area contributed by atoms with Crippen molar-refractivity contribution >= 4 is 46.3 Å². The Morgan fingerprint density at radius 3 is 2.55 bits per heavy atom. The maximum Gasteiger partial charge on any atom is 0.323 e. The molecule has 8 heteroatoms. The first-order valence-corrected chi connectivity index (χ1v) is 6.54. The van der Waals surface area contributed by atoms with Crippen LogP contribution in [0, 0.1) is 11.6 Å². The lowest BCUT2D eigenvalue weighted by Gasteiger charge is -2.10. The minimum absolute atomic E-state index is 0.0137. The summed E-state index contributed by atoms with van der Waals surface area (Å²) in [5.74, 6) is -3.52. The van der Waals surface area contributed by atoms with Gasteiger partial charge in [-0.1, -0.05) is 30.0 Å². The molecule has 1 aliphatic heterocycles. The van der Waals surface area contributed by atoms with Crippen molar-refractivity contribution in [3.63, 3.8) is 0 Å². The summed E-state index contributed by atoms with van der Waals surface area (Å²) in [7, 11) is 0. The molecule has 1 aliphatic rings. The zero-order chi connectivity index (χ0) is 14.9. The van der Waals surface area contributed by atoms with E-state index in [-0.39, 0.29) is 14.8 Å². The van der Waals surface area contributed by atoms with Crippen molar-refractivity contribution in [3.8, 4) is 0 Å². The number of carboxylic acid groups (broad SMARTS) is 1. The van der Waals surface area contributed by atoms with E-state index < -0.39 is 30.1 Å².